The van der Waals surface area contributed by atoms with E-state index in [0.29, 0.717) is 6.04 Å². The van der Waals surface area contributed by atoms with Gasteiger partial charge in [-0.1, -0.05) is 12.1 Å². The first-order valence-electron chi connectivity index (χ1n) is 6.47. The Morgan fingerprint density at radius 3 is 3.24 bits per heavy atom. The first-order valence-corrected chi connectivity index (χ1v) is 6.47. The van der Waals surface area contributed by atoms with E-state index in [4.69, 9.17) is 4.74 Å². The average molecular weight is 232 g/mol. The van der Waals surface area contributed by atoms with Gasteiger partial charge in [0.2, 0.25) is 0 Å². The molecule has 17 heavy (non-hydrogen) atoms. The van der Waals surface area contributed by atoms with Gasteiger partial charge in [0.15, 0.2) is 0 Å². The van der Waals surface area contributed by atoms with Gasteiger partial charge in [0.25, 0.3) is 0 Å². The Hall–Kier alpha value is -1.06. The number of benzene rings is 1. The highest BCUT2D eigenvalue weighted by atomic mass is 16.5. The summed E-state index contributed by atoms with van der Waals surface area (Å²) in [6.07, 6.45) is 2.33. The zero-order valence-corrected chi connectivity index (χ0v) is 10.4. The van der Waals surface area contributed by atoms with Gasteiger partial charge in [-0.2, -0.15) is 0 Å². The van der Waals surface area contributed by atoms with Crippen LogP contribution in [0.4, 0.5) is 5.69 Å². The molecule has 0 unspecified atom stereocenters. The van der Waals surface area contributed by atoms with E-state index in [1.165, 1.54) is 23.2 Å². The molecular formula is C14H20N2O. The molecule has 3 heteroatoms. The molecule has 0 saturated carbocycles. The van der Waals surface area contributed by atoms with Gasteiger partial charge >= 0.3 is 0 Å². The molecule has 1 N–H and O–H groups in total. The maximum absolute atomic E-state index is 5.38. The molecule has 3 nitrogen and oxygen atoms in total. The lowest BCUT2D eigenvalue weighted by Crippen LogP contribution is -2.28. The van der Waals surface area contributed by atoms with Gasteiger partial charge in [-0.25, -0.2) is 0 Å². The van der Waals surface area contributed by atoms with E-state index in [1.807, 2.05) is 0 Å². The van der Waals surface area contributed by atoms with Crippen molar-refractivity contribution in [2.24, 2.45) is 0 Å². The van der Waals surface area contributed by atoms with Crippen LogP contribution < -0.4 is 10.2 Å². The molecule has 1 atom stereocenters. The lowest BCUT2D eigenvalue weighted by molar-refractivity contribution is 0.190. The molecule has 1 fully saturated rings. The Morgan fingerprint density at radius 1 is 1.47 bits per heavy atom. The van der Waals surface area contributed by atoms with E-state index in [0.717, 1.165) is 32.7 Å². The van der Waals surface area contributed by atoms with Gasteiger partial charge in [0.05, 0.1) is 6.61 Å². The second-order valence-corrected chi connectivity index (χ2v) is 5.03. The maximum atomic E-state index is 5.38. The smallest absolute Gasteiger partial charge is 0.0620 e. The summed E-state index contributed by atoms with van der Waals surface area (Å²) < 4.78 is 5.38. The molecule has 1 aromatic rings. The van der Waals surface area contributed by atoms with Crippen molar-refractivity contribution in [2.75, 3.05) is 31.7 Å². The molecule has 0 aliphatic carbocycles. The Bertz CT molecular complexity index is 399. The first-order chi connectivity index (χ1) is 8.34. The molecule has 2 aliphatic rings. The van der Waals surface area contributed by atoms with E-state index < -0.39 is 0 Å². The van der Waals surface area contributed by atoms with Crippen LogP contribution >= 0.6 is 0 Å². The first kappa shape index (κ1) is 11.1. The van der Waals surface area contributed by atoms with E-state index in [1.54, 1.807) is 0 Å². The fraction of sp³-hybridized carbons (Fsp3) is 0.571. The fourth-order valence-corrected chi connectivity index (χ4v) is 2.78. The van der Waals surface area contributed by atoms with Crippen LogP contribution in [0.2, 0.25) is 0 Å². The minimum Gasteiger partial charge on any atom is -0.380 e. The van der Waals surface area contributed by atoms with E-state index in [2.05, 4.69) is 35.5 Å². The second-order valence-electron chi connectivity index (χ2n) is 5.03. The number of fused-ring (bicyclic) bond motifs is 1. The van der Waals surface area contributed by atoms with Crippen LogP contribution in [0, 0.1) is 0 Å². The van der Waals surface area contributed by atoms with Crippen molar-refractivity contribution in [1.29, 1.82) is 0 Å². The standard InChI is InChI=1S/C14H20N2O/c1-16-7-5-13-11(3-2-4-14(13)16)9-15-12-6-8-17-10-12/h2-4,12,15H,5-10H2,1H3/t12-/m1/s1. The fourth-order valence-electron chi connectivity index (χ4n) is 2.78. The van der Waals surface area contributed by atoms with Crippen molar-refractivity contribution in [3.8, 4) is 0 Å². The summed E-state index contributed by atoms with van der Waals surface area (Å²) in [6, 6.07) is 7.19. The average Bonchev–Trinajstić information content (AvgIpc) is 2.97. The maximum Gasteiger partial charge on any atom is 0.0620 e. The summed E-state index contributed by atoms with van der Waals surface area (Å²) in [6.45, 7) is 3.91. The van der Waals surface area contributed by atoms with Gasteiger partial charge < -0.3 is 15.0 Å². The van der Waals surface area contributed by atoms with E-state index >= 15 is 0 Å². The van der Waals surface area contributed by atoms with Crippen LogP contribution in [0.1, 0.15) is 17.5 Å². The summed E-state index contributed by atoms with van der Waals surface area (Å²) in [7, 11) is 2.17. The summed E-state index contributed by atoms with van der Waals surface area (Å²) in [4.78, 5) is 2.34. The predicted molar refractivity (Wildman–Crippen MR) is 69.5 cm³/mol. The molecule has 0 amide bonds. The quantitative estimate of drug-likeness (QED) is 0.856. The van der Waals surface area contributed by atoms with E-state index in [-0.39, 0.29) is 0 Å². The number of hydrogen-bond donors (Lipinski definition) is 1. The van der Waals surface area contributed by atoms with Gasteiger partial charge in [0, 0.05) is 38.5 Å². The van der Waals surface area contributed by atoms with Gasteiger partial charge in [-0.3, -0.25) is 0 Å². The third kappa shape index (κ3) is 2.17. The summed E-state index contributed by atoms with van der Waals surface area (Å²) in [5.74, 6) is 0. The largest absolute Gasteiger partial charge is 0.380 e. The van der Waals surface area contributed by atoms with Gasteiger partial charge in [0.1, 0.15) is 0 Å². The Balaban J connectivity index is 1.71. The molecule has 1 aromatic carbocycles. The minimum atomic E-state index is 0.546. The van der Waals surface area contributed by atoms with Crippen LogP contribution in [0.15, 0.2) is 18.2 Å². The van der Waals surface area contributed by atoms with Crippen LogP contribution in [-0.4, -0.2) is 32.8 Å². The molecule has 0 spiro atoms. The van der Waals surface area contributed by atoms with Gasteiger partial charge in [-0.15, -0.1) is 0 Å². The van der Waals surface area contributed by atoms with Crippen molar-refractivity contribution in [1.82, 2.24) is 5.32 Å². The molecule has 0 bridgehead atoms. The predicted octanol–water partition coefficient (Wildman–Crippen LogP) is 1.56. The van der Waals surface area contributed by atoms with Crippen LogP contribution in [0.5, 0.6) is 0 Å². The van der Waals surface area contributed by atoms with Crippen LogP contribution in [0.25, 0.3) is 0 Å². The summed E-state index contributed by atoms with van der Waals surface area (Å²) in [5, 5.41) is 3.60. The normalized spacial score (nSPS) is 23.1. The number of nitrogens with one attached hydrogen (secondary N) is 1. The molecule has 0 radical (unpaired) electrons. The second kappa shape index (κ2) is 4.67. The molecule has 92 valence electrons. The molecular weight excluding hydrogens is 212 g/mol. The zero-order chi connectivity index (χ0) is 11.7. The van der Waals surface area contributed by atoms with Gasteiger partial charge in [-0.05, 0) is 30.0 Å². The number of rotatable bonds is 3. The number of ether oxygens (including phenoxy) is 1. The lowest BCUT2D eigenvalue weighted by atomic mass is 10.0. The molecule has 2 heterocycles. The molecule has 0 aromatic heterocycles. The number of likely N-dealkylation sites (N-methyl/N-ethyl adjacent to an activating group) is 1. The Kier molecular flexibility index (Phi) is 3.04. The Labute approximate surface area is 103 Å². The van der Waals surface area contributed by atoms with Crippen LogP contribution in [-0.2, 0) is 17.7 Å². The Morgan fingerprint density at radius 2 is 2.41 bits per heavy atom. The van der Waals surface area contributed by atoms with Crippen molar-refractivity contribution in [3.05, 3.63) is 29.3 Å². The monoisotopic (exact) mass is 232 g/mol. The highest BCUT2D eigenvalue weighted by Gasteiger charge is 2.19. The molecule has 2 aliphatic heterocycles. The highest BCUT2D eigenvalue weighted by molar-refractivity contribution is 5.60. The summed E-state index contributed by atoms with van der Waals surface area (Å²) in [5.41, 5.74) is 4.40. The number of anilines is 1. The summed E-state index contributed by atoms with van der Waals surface area (Å²) >= 11 is 0. The third-order valence-corrected chi connectivity index (χ3v) is 3.87. The topological polar surface area (TPSA) is 24.5 Å². The van der Waals surface area contributed by atoms with Crippen molar-refractivity contribution < 1.29 is 4.74 Å². The lowest BCUT2D eigenvalue weighted by Gasteiger charge is -2.15. The SMILES string of the molecule is CN1CCc2c(CN[C@@H]3CCOC3)cccc21. The van der Waals surface area contributed by atoms with Crippen molar-refractivity contribution in [2.45, 2.75) is 25.4 Å². The molecule has 1 saturated heterocycles. The van der Waals surface area contributed by atoms with Crippen molar-refractivity contribution in [3.63, 3.8) is 0 Å². The number of hydrogen-bond acceptors (Lipinski definition) is 3. The van der Waals surface area contributed by atoms with E-state index in [9.17, 15) is 0 Å². The van der Waals surface area contributed by atoms with Crippen LogP contribution in [0.3, 0.4) is 0 Å². The number of nitrogens with zero attached hydrogens (tertiary/aromatic N) is 1. The third-order valence-electron chi connectivity index (χ3n) is 3.87. The van der Waals surface area contributed by atoms with Crippen molar-refractivity contribution >= 4 is 5.69 Å². The minimum absolute atomic E-state index is 0.546. The molecule has 3 rings (SSSR count). The highest BCUT2D eigenvalue weighted by Crippen LogP contribution is 2.29. The zero-order valence-electron chi connectivity index (χ0n) is 10.4.